The van der Waals surface area contributed by atoms with Crippen LogP contribution in [0.3, 0.4) is 0 Å². The van der Waals surface area contributed by atoms with Gasteiger partial charge in [-0.2, -0.15) is 0 Å². The van der Waals surface area contributed by atoms with Crippen molar-refractivity contribution >= 4 is 12.0 Å². The molecule has 0 N–H and O–H groups in total. The molecule has 0 bridgehead atoms. The third kappa shape index (κ3) is 16.5. The first-order valence-corrected chi connectivity index (χ1v) is 14.4. The van der Waals surface area contributed by atoms with Crippen molar-refractivity contribution in [1.82, 2.24) is 0 Å². The molecule has 3 unspecified atom stereocenters. The molecule has 3 heteroatoms. The molecular weight excluding hydrogens is 432 g/mol. The second kappa shape index (κ2) is 19.4. The SMILES string of the molecule is CCCCC(CC)COC(=O)/C=C/c1ccc(OCCC(C)CCCC(C)CCCC(C)C)cc1. The Bertz CT molecular complexity index is 677. The van der Waals surface area contributed by atoms with Crippen molar-refractivity contribution in [2.24, 2.45) is 23.7 Å². The minimum atomic E-state index is -0.265. The Kier molecular flexibility index (Phi) is 17.3. The topological polar surface area (TPSA) is 35.5 Å². The van der Waals surface area contributed by atoms with Crippen molar-refractivity contribution in [2.45, 2.75) is 112 Å². The van der Waals surface area contributed by atoms with Crippen molar-refractivity contribution in [3.8, 4) is 5.75 Å². The number of ether oxygens (including phenoxy) is 2. The highest BCUT2D eigenvalue weighted by atomic mass is 16.5. The molecule has 3 atom stereocenters. The molecule has 200 valence electrons. The number of rotatable bonds is 20. The summed E-state index contributed by atoms with van der Waals surface area (Å²) in [6.07, 6.45) is 17.0. The summed E-state index contributed by atoms with van der Waals surface area (Å²) in [7, 11) is 0. The maximum absolute atomic E-state index is 12.0. The van der Waals surface area contributed by atoms with Gasteiger partial charge in [-0.05, 0) is 60.3 Å². The fraction of sp³-hybridized carbons (Fsp3) is 0.719. The first-order chi connectivity index (χ1) is 16.8. The first-order valence-electron chi connectivity index (χ1n) is 14.4. The standard InChI is InChI=1S/C32H54O3/c1-7-9-16-29(8-2)25-35-32(33)22-19-30-17-20-31(21-18-30)34-24-23-28(6)15-11-14-27(5)13-10-12-26(3)4/h17-22,26-29H,7-16,23-25H2,1-6H3/b22-19+. The Hall–Kier alpha value is -1.77. The Labute approximate surface area is 217 Å². The molecule has 0 heterocycles. The monoisotopic (exact) mass is 486 g/mol. The molecule has 1 aromatic carbocycles. The molecule has 35 heavy (non-hydrogen) atoms. The van der Waals surface area contributed by atoms with Gasteiger partial charge in [0, 0.05) is 6.08 Å². The molecule has 0 radical (unpaired) electrons. The number of hydrogen-bond donors (Lipinski definition) is 0. The zero-order valence-corrected chi connectivity index (χ0v) is 23.7. The Morgan fingerprint density at radius 2 is 1.46 bits per heavy atom. The van der Waals surface area contributed by atoms with Crippen LogP contribution in [0.15, 0.2) is 30.3 Å². The maximum Gasteiger partial charge on any atom is 0.330 e. The summed E-state index contributed by atoms with van der Waals surface area (Å²) in [5.41, 5.74) is 0.975. The van der Waals surface area contributed by atoms with Crippen LogP contribution in [0.5, 0.6) is 5.75 Å². The number of carbonyl (C=O) groups excluding carboxylic acids is 1. The molecule has 0 saturated heterocycles. The van der Waals surface area contributed by atoms with Crippen LogP contribution in [0.25, 0.3) is 6.08 Å². The zero-order chi connectivity index (χ0) is 25.9. The number of carbonyl (C=O) groups is 1. The molecular formula is C32H54O3. The Morgan fingerprint density at radius 3 is 2.06 bits per heavy atom. The molecule has 0 spiro atoms. The molecule has 0 aliphatic carbocycles. The molecule has 1 rings (SSSR count). The quantitative estimate of drug-likeness (QED) is 0.136. The van der Waals surface area contributed by atoms with E-state index >= 15 is 0 Å². The molecule has 3 nitrogen and oxygen atoms in total. The Balaban J connectivity index is 2.22. The minimum Gasteiger partial charge on any atom is -0.494 e. The third-order valence-corrected chi connectivity index (χ3v) is 7.05. The van der Waals surface area contributed by atoms with E-state index in [-0.39, 0.29) is 5.97 Å². The van der Waals surface area contributed by atoms with E-state index in [2.05, 4.69) is 41.5 Å². The maximum atomic E-state index is 12.0. The van der Waals surface area contributed by atoms with E-state index in [1.165, 1.54) is 57.4 Å². The van der Waals surface area contributed by atoms with Crippen molar-refractivity contribution in [1.29, 1.82) is 0 Å². The van der Waals surface area contributed by atoms with E-state index in [1.54, 1.807) is 0 Å². The van der Waals surface area contributed by atoms with Crippen LogP contribution in [-0.2, 0) is 9.53 Å². The molecule has 1 aromatic rings. The Morgan fingerprint density at radius 1 is 0.829 bits per heavy atom. The molecule has 0 amide bonds. The summed E-state index contributed by atoms with van der Waals surface area (Å²) >= 11 is 0. The van der Waals surface area contributed by atoms with E-state index in [0.29, 0.717) is 18.4 Å². The third-order valence-electron chi connectivity index (χ3n) is 7.05. The van der Waals surface area contributed by atoms with Crippen molar-refractivity contribution in [3.63, 3.8) is 0 Å². The fourth-order valence-electron chi connectivity index (χ4n) is 4.34. The van der Waals surface area contributed by atoms with Crippen molar-refractivity contribution in [2.75, 3.05) is 13.2 Å². The lowest BCUT2D eigenvalue weighted by atomic mass is 9.93. The first kappa shape index (κ1) is 31.3. The normalized spacial score (nSPS) is 14.3. The van der Waals surface area contributed by atoms with Crippen LogP contribution in [0.2, 0.25) is 0 Å². The van der Waals surface area contributed by atoms with Crippen LogP contribution >= 0.6 is 0 Å². The van der Waals surface area contributed by atoms with Gasteiger partial charge in [-0.25, -0.2) is 4.79 Å². The average Bonchev–Trinajstić information content (AvgIpc) is 2.83. The minimum absolute atomic E-state index is 0.265. The lowest BCUT2D eigenvalue weighted by Crippen LogP contribution is -2.12. The number of hydrogen-bond acceptors (Lipinski definition) is 3. The lowest BCUT2D eigenvalue weighted by Gasteiger charge is -2.15. The van der Waals surface area contributed by atoms with Crippen LogP contribution in [-0.4, -0.2) is 19.2 Å². The van der Waals surface area contributed by atoms with Crippen LogP contribution in [0.4, 0.5) is 0 Å². The van der Waals surface area contributed by atoms with E-state index < -0.39 is 0 Å². The van der Waals surface area contributed by atoms with E-state index in [4.69, 9.17) is 9.47 Å². The van der Waals surface area contributed by atoms with Gasteiger partial charge in [0.25, 0.3) is 0 Å². The smallest absolute Gasteiger partial charge is 0.330 e. The zero-order valence-electron chi connectivity index (χ0n) is 23.7. The van der Waals surface area contributed by atoms with Gasteiger partial charge in [0.2, 0.25) is 0 Å². The second-order valence-electron chi connectivity index (χ2n) is 11.1. The van der Waals surface area contributed by atoms with Gasteiger partial charge in [0.15, 0.2) is 0 Å². The molecule has 0 fully saturated rings. The van der Waals surface area contributed by atoms with E-state index in [1.807, 2.05) is 30.3 Å². The number of benzene rings is 1. The number of unbranched alkanes of at least 4 members (excludes halogenated alkanes) is 1. The van der Waals surface area contributed by atoms with Gasteiger partial charge in [-0.3, -0.25) is 0 Å². The summed E-state index contributed by atoms with van der Waals surface area (Å²) in [5, 5.41) is 0. The summed E-state index contributed by atoms with van der Waals surface area (Å²) < 4.78 is 11.4. The fourth-order valence-corrected chi connectivity index (χ4v) is 4.34. The van der Waals surface area contributed by atoms with Crippen molar-refractivity contribution in [3.05, 3.63) is 35.9 Å². The van der Waals surface area contributed by atoms with E-state index in [0.717, 1.165) is 49.0 Å². The number of esters is 1. The van der Waals surface area contributed by atoms with Gasteiger partial charge in [-0.1, -0.05) is 111 Å². The van der Waals surface area contributed by atoms with E-state index in [9.17, 15) is 4.79 Å². The summed E-state index contributed by atoms with van der Waals surface area (Å²) in [6, 6.07) is 7.93. The summed E-state index contributed by atoms with van der Waals surface area (Å²) in [6.45, 7) is 15.0. The highest BCUT2D eigenvalue weighted by molar-refractivity contribution is 5.87. The molecule has 0 aromatic heterocycles. The summed E-state index contributed by atoms with van der Waals surface area (Å²) in [4.78, 5) is 12.0. The van der Waals surface area contributed by atoms with Gasteiger partial charge in [-0.15, -0.1) is 0 Å². The second-order valence-corrected chi connectivity index (χ2v) is 11.1. The summed E-state index contributed by atoms with van der Waals surface area (Å²) in [5.74, 6) is 3.47. The van der Waals surface area contributed by atoms with Crippen LogP contribution in [0, 0.1) is 23.7 Å². The highest BCUT2D eigenvalue weighted by Crippen LogP contribution is 2.21. The largest absolute Gasteiger partial charge is 0.494 e. The molecule has 0 aliphatic rings. The van der Waals surface area contributed by atoms with Gasteiger partial charge < -0.3 is 9.47 Å². The predicted octanol–water partition coefficient (Wildman–Crippen LogP) is 9.50. The average molecular weight is 487 g/mol. The van der Waals surface area contributed by atoms with Crippen LogP contribution in [0.1, 0.15) is 118 Å². The van der Waals surface area contributed by atoms with Gasteiger partial charge in [0.1, 0.15) is 5.75 Å². The van der Waals surface area contributed by atoms with Gasteiger partial charge >= 0.3 is 5.97 Å². The molecule has 0 saturated carbocycles. The highest BCUT2D eigenvalue weighted by Gasteiger charge is 2.09. The predicted molar refractivity (Wildman–Crippen MR) is 151 cm³/mol. The lowest BCUT2D eigenvalue weighted by molar-refractivity contribution is -0.139. The van der Waals surface area contributed by atoms with Crippen molar-refractivity contribution < 1.29 is 14.3 Å². The molecule has 0 aliphatic heterocycles. The van der Waals surface area contributed by atoms with Gasteiger partial charge in [0.05, 0.1) is 13.2 Å². The van der Waals surface area contributed by atoms with Crippen LogP contribution < -0.4 is 4.74 Å².